The fraction of sp³-hybridized carbons (Fsp3) is 0.308. The van der Waals surface area contributed by atoms with Gasteiger partial charge in [-0.2, -0.15) is 5.26 Å². The van der Waals surface area contributed by atoms with Crippen LogP contribution in [0.25, 0.3) is 0 Å². The summed E-state index contributed by atoms with van der Waals surface area (Å²) >= 11 is 6.02. The number of nitriles is 1. The predicted molar refractivity (Wildman–Crippen MR) is 72.7 cm³/mol. The number of nitrogens with two attached hydrogens (primary N) is 1. The Kier molecular flexibility index (Phi) is 5.81. The van der Waals surface area contributed by atoms with E-state index in [1.807, 2.05) is 0 Å². The number of nitrogens with one attached hydrogen (secondary N) is 1. The number of rotatable bonds is 5. The standard InChI is InChI=1S/C13H14ClN3O3/c1-8(7-15)20-12(18)6-11(17-13(16)19)9-4-2-3-5-10(9)14/h2-5,8,11H,6H2,1H3,(H3,16,17,19)/t8-,11-/m0/s1. The molecule has 0 aliphatic heterocycles. The third-order valence-electron chi connectivity index (χ3n) is 2.46. The highest BCUT2D eigenvalue weighted by atomic mass is 35.5. The van der Waals surface area contributed by atoms with Crippen LogP contribution in [0.4, 0.5) is 4.79 Å². The van der Waals surface area contributed by atoms with Gasteiger partial charge >= 0.3 is 12.0 Å². The van der Waals surface area contributed by atoms with Gasteiger partial charge in [-0.1, -0.05) is 29.8 Å². The second-order valence-corrected chi connectivity index (χ2v) is 4.46. The van der Waals surface area contributed by atoms with Crippen LogP contribution in [0.15, 0.2) is 24.3 Å². The molecule has 1 aromatic rings. The number of hydrogen-bond acceptors (Lipinski definition) is 4. The van der Waals surface area contributed by atoms with Crippen LogP contribution in [0.1, 0.15) is 24.9 Å². The molecule has 0 bridgehead atoms. The van der Waals surface area contributed by atoms with Crippen LogP contribution in [0.2, 0.25) is 5.02 Å². The summed E-state index contributed by atoms with van der Waals surface area (Å²) in [5.41, 5.74) is 5.64. The van der Waals surface area contributed by atoms with Crippen LogP contribution in [-0.4, -0.2) is 18.1 Å². The number of halogens is 1. The molecule has 0 heterocycles. The van der Waals surface area contributed by atoms with Gasteiger partial charge in [-0.3, -0.25) is 4.79 Å². The van der Waals surface area contributed by atoms with Crippen molar-refractivity contribution in [1.29, 1.82) is 5.26 Å². The van der Waals surface area contributed by atoms with Crippen molar-refractivity contribution in [3.63, 3.8) is 0 Å². The lowest BCUT2D eigenvalue weighted by Gasteiger charge is -2.18. The number of urea groups is 1. The average molecular weight is 296 g/mol. The third-order valence-corrected chi connectivity index (χ3v) is 2.80. The second kappa shape index (κ2) is 7.36. The summed E-state index contributed by atoms with van der Waals surface area (Å²) in [6.07, 6.45) is -1.03. The maximum atomic E-state index is 11.7. The fourth-order valence-corrected chi connectivity index (χ4v) is 1.87. The summed E-state index contributed by atoms with van der Waals surface area (Å²) in [6, 6.07) is 7.04. The molecule has 0 fully saturated rings. The summed E-state index contributed by atoms with van der Waals surface area (Å²) in [5, 5.41) is 11.4. The molecular weight excluding hydrogens is 282 g/mol. The Morgan fingerprint density at radius 3 is 2.70 bits per heavy atom. The number of benzene rings is 1. The molecule has 0 radical (unpaired) electrons. The predicted octanol–water partition coefficient (Wildman–Crippen LogP) is 1.89. The molecule has 0 saturated heterocycles. The Balaban J connectivity index is 2.86. The van der Waals surface area contributed by atoms with Gasteiger partial charge in [0, 0.05) is 5.02 Å². The van der Waals surface area contributed by atoms with Crippen molar-refractivity contribution in [1.82, 2.24) is 5.32 Å². The quantitative estimate of drug-likeness (QED) is 0.809. The van der Waals surface area contributed by atoms with E-state index in [0.29, 0.717) is 10.6 Å². The van der Waals surface area contributed by atoms with Crippen molar-refractivity contribution in [3.8, 4) is 6.07 Å². The minimum absolute atomic E-state index is 0.168. The zero-order valence-corrected chi connectivity index (χ0v) is 11.6. The lowest BCUT2D eigenvalue weighted by molar-refractivity contribution is -0.146. The van der Waals surface area contributed by atoms with Crippen LogP contribution in [0, 0.1) is 11.3 Å². The Morgan fingerprint density at radius 2 is 2.15 bits per heavy atom. The molecule has 0 aliphatic rings. The van der Waals surface area contributed by atoms with Crippen molar-refractivity contribution in [2.75, 3.05) is 0 Å². The monoisotopic (exact) mass is 295 g/mol. The number of amides is 2. The van der Waals surface area contributed by atoms with E-state index in [0.717, 1.165) is 0 Å². The van der Waals surface area contributed by atoms with E-state index in [1.165, 1.54) is 6.92 Å². The van der Waals surface area contributed by atoms with Crippen LogP contribution >= 0.6 is 11.6 Å². The lowest BCUT2D eigenvalue weighted by Crippen LogP contribution is -2.35. The topological polar surface area (TPSA) is 105 Å². The maximum Gasteiger partial charge on any atom is 0.312 e. The van der Waals surface area contributed by atoms with Crippen LogP contribution < -0.4 is 11.1 Å². The average Bonchev–Trinajstić information content (AvgIpc) is 2.37. The number of esters is 1. The molecule has 2 amide bonds. The Hall–Kier alpha value is -2.26. The molecule has 106 valence electrons. The van der Waals surface area contributed by atoms with Crippen LogP contribution in [0.5, 0.6) is 0 Å². The normalized spacial score (nSPS) is 12.8. The van der Waals surface area contributed by atoms with Gasteiger partial charge in [0.1, 0.15) is 6.07 Å². The van der Waals surface area contributed by atoms with Gasteiger partial charge in [0.05, 0.1) is 12.5 Å². The first-order valence-corrected chi connectivity index (χ1v) is 6.21. The van der Waals surface area contributed by atoms with Crippen molar-refractivity contribution >= 4 is 23.6 Å². The van der Waals surface area contributed by atoms with Crippen molar-refractivity contribution in [3.05, 3.63) is 34.9 Å². The molecule has 0 saturated carbocycles. The molecule has 6 nitrogen and oxygen atoms in total. The van der Waals surface area contributed by atoms with Gasteiger partial charge in [-0.15, -0.1) is 0 Å². The second-order valence-electron chi connectivity index (χ2n) is 4.05. The third kappa shape index (κ3) is 4.78. The largest absolute Gasteiger partial charge is 0.447 e. The van der Waals surface area contributed by atoms with E-state index in [4.69, 9.17) is 27.3 Å². The molecule has 0 aliphatic carbocycles. The van der Waals surface area contributed by atoms with E-state index in [9.17, 15) is 9.59 Å². The summed E-state index contributed by atoms with van der Waals surface area (Å²) in [5.74, 6) is -0.627. The molecular formula is C13H14ClN3O3. The Morgan fingerprint density at radius 1 is 1.50 bits per heavy atom. The van der Waals surface area contributed by atoms with E-state index < -0.39 is 24.1 Å². The maximum absolute atomic E-state index is 11.7. The highest BCUT2D eigenvalue weighted by molar-refractivity contribution is 6.31. The fourth-order valence-electron chi connectivity index (χ4n) is 1.61. The van der Waals surface area contributed by atoms with Crippen molar-refractivity contribution < 1.29 is 14.3 Å². The summed E-state index contributed by atoms with van der Waals surface area (Å²) in [7, 11) is 0. The zero-order chi connectivity index (χ0) is 15.1. The number of ether oxygens (including phenoxy) is 1. The first kappa shape index (κ1) is 15.8. The van der Waals surface area contributed by atoms with Crippen molar-refractivity contribution in [2.24, 2.45) is 5.73 Å². The first-order chi connectivity index (χ1) is 9.43. The smallest absolute Gasteiger partial charge is 0.312 e. The van der Waals surface area contributed by atoms with E-state index >= 15 is 0 Å². The number of primary amides is 1. The molecule has 0 unspecified atom stereocenters. The molecule has 0 aromatic heterocycles. The van der Waals surface area contributed by atoms with Crippen molar-refractivity contribution in [2.45, 2.75) is 25.5 Å². The first-order valence-electron chi connectivity index (χ1n) is 5.83. The highest BCUT2D eigenvalue weighted by Crippen LogP contribution is 2.25. The number of carbonyl (C=O) groups excluding carboxylic acids is 2. The number of hydrogen-bond donors (Lipinski definition) is 2. The lowest BCUT2D eigenvalue weighted by atomic mass is 10.0. The number of nitrogens with zero attached hydrogens (tertiary/aromatic N) is 1. The SMILES string of the molecule is C[C@@H](C#N)OC(=O)C[C@H](NC(N)=O)c1ccccc1Cl. The number of carbonyl (C=O) groups is 2. The molecule has 20 heavy (non-hydrogen) atoms. The van der Waals surface area contributed by atoms with E-state index in [-0.39, 0.29) is 6.42 Å². The molecule has 2 atom stereocenters. The van der Waals surface area contributed by atoms with Gasteiger partial charge in [0.25, 0.3) is 0 Å². The molecule has 7 heteroatoms. The van der Waals surface area contributed by atoms with E-state index in [1.54, 1.807) is 30.3 Å². The molecule has 0 spiro atoms. The Labute approximate surface area is 121 Å². The Bertz CT molecular complexity index is 542. The molecule has 3 N–H and O–H groups in total. The summed E-state index contributed by atoms with van der Waals surface area (Å²) < 4.78 is 4.84. The van der Waals surface area contributed by atoms with Gasteiger partial charge in [0.15, 0.2) is 6.10 Å². The van der Waals surface area contributed by atoms with Crippen LogP contribution in [-0.2, 0) is 9.53 Å². The van der Waals surface area contributed by atoms with Gasteiger partial charge in [0.2, 0.25) is 0 Å². The zero-order valence-electron chi connectivity index (χ0n) is 10.8. The summed E-state index contributed by atoms with van der Waals surface area (Å²) in [4.78, 5) is 22.7. The van der Waals surface area contributed by atoms with Gasteiger partial charge in [-0.05, 0) is 18.6 Å². The van der Waals surface area contributed by atoms with E-state index in [2.05, 4.69) is 5.32 Å². The molecule has 1 rings (SSSR count). The highest BCUT2D eigenvalue weighted by Gasteiger charge is 2.21. The minimum Gasteiger partial charge on any atom is -0.447 e. The van der Waals surface area contributed by atoms with Gasteiger partial charge < -0.3 is 15.8 Å². The van der Waals surface area contributed by atoms with Gasteiger partial charge in [-0.25, -0.2) is 4.79 Å². The van der Waals surface area contributed by atoms with Crippen LogP contribution in [0.3, 0.4) is 0 Å². The minimum atomic E-state index is -0.858. The molecule has 1 aromatic carbocycles. The summed E-state index contributed by atoms with van der Waals surface area (Å²) in [6.45, 7) is 1.45.